The lowest BCUT2D eigenvalue weighted by Gasteiger charge is -2.09. The average molecular weight is 731 g/mol. The predicted octanol–water partition coefficient (Wildman–Crippen LogP) is -0.135. The van der Waals surface area contributed by atoms with Gasteiger partial charge in [-0.25, -0.2) is 0 Å². The Morgan fingerprint density at radius 1 is 0.340 bits per heavy atom. The van der Waals surface area contributed by atoms with Crippen LogP contribution in [0.3, 0.4) is 0 Å². The predicted molar refractivity (Wildman–Crippen MR) is 183 cm³/mol. The molecule has 0 unspecified atom stereocenters. The third kappa shape index (κ3) is 44.4. The van der Waals surface area contributed by atoms with E-state index in [9.17, 15) is 9.59 Å². The van der Waals surface area contributed by atoms with Crippen molar-refractivity contribution >= 4 is 11.8 Å². The molecule has 0 aliphatic rings. The van der Waals surface area contributed by atoms with Gasteiger partial charge in [-0.15, -0.1) is 0 Å². The molecule has 0 bridgehead atoms. The normalized spacial score (nSPS) is 11.3. The Bertz CT molecular complexity index is 698. The van der Waals surface area contributed by atoms with E-state index in [1.807, 2.05) is 6.92 Å². The summed E-state index contributed by atoms with van der Waals surface area (Å²) >= 11 is 0. The van der Waals surface area contributed by atoms with E-state index in [4.69, 9.17) is 61.6 Å². The Balaban J connectivity index is 3.08. The molecule has 17 heteroatoms. The molecule has 2 amide bonds. The van der Waals surface area contributed by atoms with Gasteiger partial charge in [0.2, 0.25) is 11.8 Å². The molecule has 0 saturated heterocycles. The molecule has 2 N–H and O–H groups in total. The van der Waals surface area contributed by atoms with Crippen molar-refractivity contribution < 1.29 is 71.2 Å². The fraction of sp³-hybridized carbons (Fsp3) is 0.939. The van der Waals surface area contributed by atoms with Gasteiger partial charge in [-0.05, 0) is 6.92 Å². The second-order valence-corrected chi connectivity index (χ2v) is 10.1. The first-order valence-corrected chi connectivity index (χ1v) is 17.7. The van der Waals surface area contributed by atoms with Crippen molar-refractivity contribution in [3.63, 3.8) is 0 Å². The summed E-state index contributed by atoms with van der Waals surface area (Å²) in [6.45, 7) is 17.0. The Morgan fingerprint density at radius 2 is 0.580 bits per heavy atom. The summed E-state index contributed by atoms with van der Waals surface area (Å²) in [4.78, 5) is 22.3. The molecule has 0 heterocycles. The molecule has 0 spiro atoms. The number of rotatable bonds is 43. The average Bonchev–Trinajstić information content (AvgIpc) is 3.11. The van der Waals surface area contributed by atoms with E-state index in [-0.39, 0.29) is 11.8 Å². The molecule has 0 aliphatic carbocycles. The highest BCUT2D eigenvalue weighted by Crippen LogP contribution is 1.88. The second kappa shape index (κ2) is 43.6. The minimum absolute atomic E-state index is 0.0482. The van der Waals surface area contributed by atoms with Crippen LogP contribution in [0.4, 0.5) is 0 Å². The summed E-state index contributed by atoms with van der Waals surface area (Å²) < 4.78 is 70.4. The van der Waals surface area contributed by atoms with Crippen LogP contribution < -0.4 is 10.6 Å². The molecule has 0 fully saturated rings. The number of nitrogens with one attached hydrogen (secondary N) is 2. The Hall–Kier alpha value is -1.58. The van der Waals surface area contributed by atoms with Crippen molar-refractivity contribution in [1.29, 1.82) is 0 Å². The first-order chi connectivity index (χ1) is 24.7. The maximum absolute atomic E-state index is 11.6. The van der Waals surface area contributed by atoms with Crippen LogP contribution >= 0.6 is 0 Å². The Labute approximate surface area is 298 Å². The van der Waals surface area contributed by atoms with Gasteiger partial charge in [0.25, 0.3) is 0 Å². The van der Waals surface area contributed by atoms with Crippen molar-refractivity contribution in [2.45, 2.75) is 20.3 Å². The maximum atomic E-state index is 11.6. The SMILES string of the molecule is CCOCCNC(=O)CCOCCOCCOCCOCCOCCOCCOCCOCCOCCOCCOCCOCCNC(C)=O. The topological polar surface area (TPSA) is 178 Å². The Kier molecular flexibility index (Phi) is 42.2. The first kappa shape index (κ1) is 48.4. The van der Waals surface area contributed by atoms with E-state index in [0.29, 0.717) is 191 Å². The number of carbonyl (C=O) groups excluding carboxylic acids is 2. The smallest absolute Gasteiger partial charge is 0.222 e. The minimum atomic E-state index is -0.0649. The number of amides is 2. The molecule has 0 aromatic rings. The third-order valence-electron chi connectivity index (χ3n) is 5.96. The maximum Gasteiger partial charge on any atom is 0.222 e. The minimum Gasteiger partial charge on any atom is -0.380 e. The highest BCUT2D eigenvalue weighted by molar-refractivity contribution is 5.75. The van der Waals surface area contributed by atoms with Crippen LogP contribution in [-0.4, -0.2) is 197 Å². The van der Waals surface area contributed by atoms with Crippen molar-refractivity contribution in [2.75, 3.05) is 185 Å². The molecule has 0 aromatic heterocycles. The summed E-state index contributed by atoms with van der Waals surface area (Å²) in [5.41, 5.74) is 0. The van der Waals surface area contributed by atoms with E-state index in [1.165, 1.54) is 6.92 Å². The summed E-state index contributed by atoms with van der Waals surface area (Å²) in [5.74, 6) is -0.113. The van der Waals surface area contributed by atoms with E-state index in [0.717, 1.165) is 0 Å². The van der Waals surface area contributed by atoms with Crippen LogP contribution in [0, 0.1) is 0 Å². The summed E-state index contributed by atoms with van der Waals surface area (Å²) in [7, 11) is 0. The fourth-order valence-electron chi connectivity index (χ4n) is 3.48. The number of ether oxygens (including phenoxy) is 13. The molecule has 50 heavy (non-hydrogen) atoms. The quantitative estimate of drug-likeness (QED) is 0.0793. The summed E-state index contributed by atoms with van der Waals surface area (Å²) in [6.07, 6.45) is 0.321. The molecule has 0 atom stereocenters. The third-order valence-corrected chi connectivity index (χ3v) is 5.96. The molecule has 0 radical (unpaired) electrons. The van der Waals surface area contributed by atoms with E-state index < -0.39 is 0 Å². The number of hydrogen-bond donors (Lipinski definition) is 2. The van der Waals surface area contributed by atoms with Gasteiger partial charge >= 0.3 is 0 Å². The summed E-state index contributed by atoms with van der Waals surface area (Å²) in [5, 5.41) is 5.42. The molecule has 0 rings (SSSR count). The van der Waals surface area contributed by atoms with Crippen LogP contribution in [0.25, 0.3) is 0 Å². The largest absolute Gasteiger partial charge is 0.380 e. The van der Waals surface area contributed by atoms with Gasteiger partial charge in [-0.3, -0.25) is 9.59 Å². The Morgan fingerprint density at radius 3 is 0.860 bits per heavy atom. The molecular formula is C33H66N2O15. The molecule has 17 nitrogen and oxygen atoms in total. The monoisotopic (exact) mass is 730 g/mol. The standard InChI is InChI=1S/C33H66N2O15/c1-3-38-8-6-35-33(37)4-7-39-10-12-41-14-16-43-18-20-45-22-24-47-26-28-49-30-31-50-29-27-48-25-23-46-21-19-44-17-15-42-13-11-40-9-5-34-32(2)36/h3-31H2,1-2H3,(H,34,36)(H,35,37). The van der Waals surface area contributed by atoms with E-state index >= 15 is 0 Å². The molecule has 0 aliphatic heterocycles. The zero-order valence-corrected chi connectivity index (χ0v) is 30.6. The van der Waals surface area contributed by atoms with Gasteiger partial charge in [-0.1, -0.05) is 0 Å². The van der Waals surface area contributed by atoms with Crippen LogP contribution in [0.2, 0.25) is 0 Å². The first-order valence-electron chi connectivity index (χ1n) is 17.7. The van der Waals surface area contributed by atoms with Crippen molar-refractivity contribution in [2.24, 2.45) is 0 Å². The van der Waals surface area contributed by atoms with Gasteiger partial charge in [-0.2, -0.15) is 0 Å². The molecule has 0 saturated carbocycles. The van der Waals surface area contributed by atoms with Crippen molar-refractivity contribution in [3.8, 4) is 0 Å². The molecular weight excluding hydrogens is 664 g/mol. The van der Waals surface area contributed by atoms with Crippen LogP contribution in [0.1, 0.15) is 20.3 Å². The summed E-state index contributed by atoms with van der Waals surface area (Å²) in [6, 6.07) is 0. The van der Waals surface area contributed by atoms with E-state index in [1.54, 1.807) is 0 Å². The number of hydrogen-bond acceptors (Lipinski definition) is 15. The highest BCUT2D eigenvalue weighted by Gasteiger charge is 2.01. The zero-order chi connectivity index (χ0) is 36.3. The lowest BCUT2D eigenvalue weighted by molar-refractivity contribution is -0.122. The zero-order valence-electron chi connectivity index (χ0n) is 30.6. The second-order valence-electron chi connectivity index (χ2n) is 10.1. The van der Waals surface area contributed by atoms with E-state index in [2.05, 4.69) is 10.6 Å². The van der Waals surface area contributed by atoms with Crippen LogP contribution in [-0.2, 0) is 71.2 Å². The molecule has 0 aromatic carbocycles. The van der Waals surface area contributed by atoms with Gasteiger partial charge < -0.3 is 72.2 Å². The van der Waals surface area contributed by atoms with Crippen LogP contribution in [0.5, 0.6) is 0 Å². The lowest BCUT2D eigenvalue weighted by atomic mass is 10.4. The van der Waals surface area contributed by atoms with Gasteiger partial charge in [0.05, 0.1) is 165 Å². The van der Waals surface area contributed by atoms with Crippen LogP contribution in [0.15, 0.2) is 0 Å². The van der Waals surface area contributed by atoms with Crippen molar-refractivity contribution in [3.05, 3.63) is 0 Å². The lowest BCUT2D eigenvalue weighted by Crippen LogP contribution is -2.28. The molecule has 298 valence electrons. The van der Waals surface area contributed by atoms with Gasteiger partial charge in [0.15, 0.2) is 0 Å². The van der Waals surface area contributed by atoms with Gasteiger partial charge in [0.1, 0.15) is 0 Å². The van der Waals surface area contributed by atoms with Crippen molar-refractivity contribution in [1.82, 2.24) is 10.6 Å². The fourth-order valence-corrected chi connectivity index (χ4v) is 3.48. The van der Waals surface area contributed by atoms with Gasteiger partial charge in [0, 0.05) is 33.0 Å². The number of carbonyl (C=O) groups is 2. The highest BCUT2D eigenvalue weighted by atomic mass is 16.6.